The van der Waals surface area contributed by atoms with Crippen LogP contribution in [0, 0.1) is 0 Å². The first-order valence-corrected chi connectivity index (χ1v) is 5.68. The minimum absolute atomic E-state index is 0.380. The quantitative estimate of drug-likeness (QED) is 0.621. The lowest BCUT2D eigenvalue weighted by atomic mass is 10.1. The molecule has 1 fully saturated rings. The van der Waals surface area contributed by atoms with Crippen LogP contribution in [0.2, 0.25) is 0 Å². The monoisotopic (exact) mass is 249 g/mol. The van der Waals surface area contributed by atoms with Gasteiger partial charge in [0.1, 0.15) is 0 Å². The summed E-state index contributed by atoms with van der Waals surface area (Å²) in [6.07, 6.45) is 2.03. The number of hydrogen-bond acceptors (Lipinski definition) is 4. The summed E-state index contributed by atoms with van der Waals surface area (Å²) in [7, 11) is 0. The lowest BCUT2D eigenvalue weighted by molar-refractivity contribution is -0.183. The molecule has 6 heteroatoms. The summed E-state index contributed by atoms with van der Waals surface area (Å²) in [5, 5.41) is 3.74. The van der Waals surface area contributed by atoms with Gasteiger partial charge in [-0.15, -0.1) is 0 Å². The molecule has 2 amide bonds. The van der Waals surface area contributed by atoms with E-state index < -0.39 is 6.03 Å². The Bertz CT molecular complexity index is 442. The number of carbonyl (C=O) groups excluding carboxylic acids is 1. The van der Waals surface area contributed by atoms with Crippen LogP contribution in [0.4, 0.5) is 4.79 Å². The summed E-state index contributed by atoms with van der Waals surface area (Å²) in [5.74, 6) is 0. The number of nitrogens with two attached hydrogens (primary N) is 1. The van der Waals surface area contributed by atoms with Crippen LogP contribution in [-0.2, 0) is 9.47 Å². The highest BCUT2D eigenvalue weighted by molar-refractivity contribution is 5.83. The predicted octanol–water partition coefficient (Wildman–Crippen LogP) is 1.12. The van der Waals surface area contributed by atoms with Crippen molar-refractivity contribution in [3.05, 3.63) is 35.4 Å². The molecule has 2 rings (SSSR count). The molecule has 6 nitrogen and oxygen atoms in total. The van der Waals surface area contributed by atoms with E-state index in [0.29, 0.717) is 13.2 Å². The third-order valence-corrected chi connectivity index (χ3v) is 2.46. The fourth-order valence-electron chi connectivity index (χ4n) is 1.68. The number of rotatable bonds is 3. The lowest BCUT2D eigenvalue weighted by Gasteiger charge is -2.24. The largest absolute Gasteiger partial charge is 0.350 e. The fourth-order valence-corrected chi connectivity index (χ4v) is 1.68. The van der Waals surface area contributed by atoms with E-state index in [1.807, 2.05) is 24.3 Å². The van der Waals surface area contributed by atoms with Gasteiger partial charge in [-0.1, -0.05) is 24.3 Å². The van der Waals surface area contributed by atoms with E-state index in [9.17, 15) is 4.79 Å². The van der Waals surface area contributed by atoms with Crippen LogP contribution in [0.15, 0.2) is 29.4 Å². The summed E-state index contributed by atoms with van der Waals surface area (Å²) in [5.41, 5.74) is 8.77. The van der Waals surface area contributed by atoms with Crippen molar-refractivity contribution in [3.8, 4) is 0 Å². The summed E-state index contributed by atoms with van der Waals surface area (Å²) in [6, 6.07) is 6.84. The van der Waals surface area contributed by atoms with Gasteiger partial charge in [-0.2, -0.15) is 5.10 Å². The van der Waals surface area contributed by atoms with Crippen molar-refractivity contribution in [2.75, 3.05) is 13.2 Å². The smallest absolute Gasteiger partial charge is 0.332 e. The summed E-state index contributed by atoms with van der Waals surface area (Å²) >= 11 is 0. The van der Waals surface area contributed by atoms with Crippen LogP contribution in [0.1, 0.15) is 23.8 Å². The number of primary amides is 1. The van der Waals surface area contributed by atoms with Crippen molar-refractivity contribution >= 4 is 12.2 Å². The van der Waals surface area contributed by atoms with Gasteiger partial charge >= 0.3 is 6.03 Å². The minimum atomic E-state index is -0.700. The zero-order valence-electron chi connectivity index (χ0n) is 9.83. The lowest BCUT2D eigenvalue weighted by Crippen LogP contribution is -2.24. The Morgan fingerprint density at radius 3 is 2.83 bits per heavy atom. The van der Waals surface area contributed by atoms with Gasteiger partial charge in [0.2, 0.25) is 0 Å². The zero-order valence-corrected chi connectivity index (χ0v) is 9.83. The minimum Gasteiger partial charge on any atom is -0.350 e. The Hall–Kier alpha value is -1.92. The third kappa shape index (κ3) is 3.28. The van der Waals surface area contributed by atoms with Crippen LogP contribution < -0.4 is 11.2 Å². The molecule has 0 spiro atoms. The molecule has 0 aromatic heterocycles. The maximum Gasteiger partial charge on any atom is 0.332 e. The van der Waals surface area contributed by atoms with E-state index in [0.717, 1.165) is 17.5 Å². The number of nitrogens with zero attached hydrogens (tertiary/aromatic N) is 1. The molecule has 1 saturated heterocycles. The molecule has 1 heterocycles. The maximum absolute atomic E-state index is 10.5. The Morgan fingerprint density at radius 2 is 2.11 bits per heavy atom. The highest BCUT2D eigenvalue weighted by Gasteiger charge is 2.18. The number of benzene rings is 1. The first-order valence-electron chi connectivity index (χ1n) is 5.68. The summed E-state index contributed by atoms with van der Waals surface area (Å²) < 4.78 is 11.1. The average molecular weight is 249 g/mol. The van der Waals surface area contributed by atoms with Gasteiger partial charge in [0, 0.05) is 11.1 Å². The summed E-state index contributed by atoms with van der Waals surface area (Å²) in [4.78, 5) is 10.5. The molecule has 0 bridgehead atoms. The van der Waals surface area contributed by atoms with Crippen LogP contribution in [0.25, 0.3) is 0 Å². The van der Waals surface area contributed by atoms with Gasteiger partial charge in [0.25, 0.3) is 0 Å². The van der Waals surface area contributed by atoms with Crippen LogP contribution >= 0.6 is 0 Å². The standard InChI is InChI=1S/C12H15N3O3/c13-12(16)15-14-8-9-4-1-2-5-10(9)11-17-6-3-7-18-11/h1-2,4-5,8,11H,3,6-7H2,(H3,13,15,16). The Labute approximate surface area is 105 Å². The topological polar surface area (TPSA) is 85.9 Å². The summed E-state index contributed by atoms with van der Waals surface area (Å²) in [6.45, 7) is 1.35. The third-order valence-electron chi connectivity index (χ3n) is 2.46. The number of nitrogens with one attached hydrogen (secondary N) is 1. The molecule has 0 saturated carbocycles. The van der Waals surface area contributed by atoms with Crippen LogP contribution in [0.3, 0.4) is 0 Å². The number of carbonyl (C=O) groups is 1. The molecule has 0 atom stereocenters. The van der Waals surface area contributed by atoms with E-state index >= 15 is 0 Å². The first-order chi connectivity index (χ1) is 8.77. The predicted molar refractivity (Wildman–Crippen MR) is 66.0 cm³/mol. The van der Waals surface area contributed by atoms with Crippen molar-refractivity contribution in [2.45, 2.75) is 12.7 Å². The molecular formula is C12H15N3O3. The molecule has 0 radical (unpaired) electrons. The molecule has 0 unspecified atom stereocenters. The van der Waals surface area contributed by atoms with E-state index in [4.69, 9.17) is 15.2 Å². The van der Waals surface area contributed by atoms with Gasteiger partial charge in [-0.3, -0.25) is 0 Å². The molecule has 0 aliphatic carbocycles. The number of hydrazone groups is 1. The number of ether oxygens (including phenoxy) is 2. The number of urea groups is 1. The van der Waals surface area contributed by atoms with E-state index in [-0.39, 0.29) is 6.29 Å². The van der Waals surface area contributed by atoms with Crippen LogP contribution in [0.5, 0.6) is 0 Å². The van der Waals surface area contributed by atoms with Crippen molar-refractivity contribution < 1.29 is 14.3 Å². The van der Waals surface area contributed by atoms with Crippen molar-refractivity contribution in [2.24, 2.45) is 10.8 Å². The van der Waals surface area contributed by atoms with Gasteiger partial charge < -0.3 is 15.2 Å². The van der Waals surface area contributed by atoms with Crippen molar-refractivity contribution in [1.82, 2.24) is 5.43 Å². The molecule has 18 heavy (non-hydrogen) atoms. The normalized spacial score (nSPS) is 16.9. The Balaban J connectivity index is 2.14. The Kier molecular flexibility index (Phi) is 4.27. The second-order valence-corrected chi connectivity index (χ2v) is 3.79. The van der Waals surface area contributed by atoms with Gasteiger partial charge in [0.15, 0.2) is 6.29 Å². The number of amides is 2. The average Bonchev–Trinajstić information content (AvgIpc) is 2.40. The first kappa shape index (κ1) is 12.5. The van der Waals surface area contributed by atoms with E-state index in [1.54, 1.807) is 0 Å². The van der Waals surface area contributed by atoms with Gasteiger partial charge in [0.05, 0.1) is 19.4 Å². The van der Waals surface area contributed by atoms with E-state index in [1.165, 1.54) is 6.21 Å². The molecule has 1 aliphatic rings. The number of hydrogen-bond donors (Lipinski definition) is 2. The SMILES string of the molecule is NC(=O)NN=Cc1ccccc1C1OCCCO1. The van der Waals surface area contributed by atoms with Gasteiger partial charge in [-0.25, -0.2) is 10.2 Å². The molecule has 96 valence electrons. The zero-order chi connectivity index (χ0) is 12.8. The fraction of sp³-hybridized carbons (Fsp3) is 0.333. The van der Waals surface area contributed by atoms with Crippen molar-refractivity contribution in [1.29, 1.82) is 0 Å². The van der Waals surface area contributed by atoms with E-state index in [2.05, 4.69) is 10.5 Å². The van der Waals surface area contributed by atoms with Crippen LogP contribution in [-0.4, -0.2) is 25.5 Å². The highest BCUT2D eigenvalue weighted by atomic mass is 16.7. The molecular weight excluding hydrogens is 234 g/mol. The second-order valence-electron chi connectivity index (χ2n) is 3.79. The molecule has 3 N–H and O–H groups in total. The maximum atomic E-state index is 10.5. The highest BCUT2D eigenvalue weighted by Crippen LogP contribution is 2.24. The van der Waals surface area contributed by atoms with Gasteiger partial charge in [-0.05, 0) is 6.42 Å². The molecule has 1 aromatic carbocycles. The second kappa shape index (κ2) is 6.13. The molecule has 1 aromatic rings. The Morgan fingerprint density at radius 1 is 1.39 bits per heavy atom. The molecule has 1 aliphatic heterocycles. The van der Waals surface area contributed by atoms with Crippen molar-refractivity contribution in [3.63, 3.8) is 0 Å².